The van der Waals surface area contributed by atoms with E-state index in [1.165, 1.54) is 37.0 Å². The Kier molecular flexibility index (Phi) is 4.79. The Morgan fingerprint density at radius 1 is 1.23 bits per heavy atom. The SMILES string of the molecule is Cc1onc(-c2ccccc2)c1C(=O)Nc1nnc(CC2CCCC2)s1. The fourth-order valence-electron chi connectivity index (χ4n) is 3.44. The zero-order chi connectivity index (χ0) is 17.9. The second-order valence-electron chi connectivity index (χ2n) is 6.64. The number of carbonyl (C=O) groups excluding carboxylic acids is 1. The molecule has 7 heteroatoms. The lowest BCUT2D eigenvalue weighted by Gasteiger charge is -2.04. The zero-order valence-corrected chi connectivity index (χ0v) is 15.4. The van der Waals surface area contributed by atoms with Crippen LogP contribution in [0.4, 0.5) is 5.13 Å². The molecular weight excluding hydrogens is 348 g/mol. The van der Waals surface area contributed by atoms with Crippen LogP contribution in [0.1, 0.15) is 46.8 Å². The van der Waals surface area contributed by atoms with Gasteiger partial charge in [-0.05, 0) is 12.8 Å². The van der Waals surface area contributed by atoms with Gasteiger partial charge in [0.2, 0.25) is 5.13 Å². The summed E-state index contributed by atoms with van der Waals surface area (Å²) in [6.45, 7) is 1.74. The maximum Gasteiger partial charge on any atom is 0.263 e. The predicted octanol–water partition coefficient (Wildman–Crippen LogP) is 4.49. The first-order valence-electron chi connectivity index (χ1n) is 8.86. The number of hydrogen-bond donors (Lipinski definition) is 1. The van der Waals surface area contributed by atoms with Gasteiger partial charge in [0.1, 0.15) is 22.0 Å². The second kappa shape index (κ2) is 7.37. The molecule has 0 unspecified atom stereocenters. The third kappa shape index (κ3) is 3.53. The number of hydrogen-bond acceptors (Lipinski definition) is 6. The smallest absolute Gasteiger partial charge is 0.263 e. The molecule has 0 aliphatic heterocycles. The summed E-state index contributed by atoms with van der Waals surface area (Å²) in [6, 6.07) is 9.53. The van der Waals surface area contributed by atoms with E-state index in [9.17, 15) is 4.79 Å². The van der Waals surface area contributed by atoms with E-state index in [1.54, 1.807) is 6.92 Å². The highest BCUT2D eigenvalue weighted by atomic mass is 32.1. The van der Waals surface area contributed by atoms with Crippen LogP contribution in [0.2, 0.25) is 0 Å². The van der Waals surface area contributed by atoms with Gasteiger partial charge in [0.25, 0.3) is 5.91 Å². The quantitative estimate of drug-likeness (QED) is 0.718. The molecule has 1 N–H and O–H groups in total. The third-order valence-corrected chi connectivity index (χ3v) is 5.62. The molecule has 0 radical (unpaired) electrons. The van der Waals surface area contributed by atoms with Gasteiger partial charge in [0.15, 0.2) is 0 Å². The number of rotatable bonds is 5. The average molecular weight is 368 g/mol. The number of nitrogens with one attached hydrogen (secondary N) is 1. The molecule has 2 heterocycles. The number of benzene rings is 1. The fraction of sp³-hybridized carbons (Fsp3) is 0.368. The minimum Gasteiger partial charge on any atom is -0.360 e. The summed E-state index contributed by atoms with van der Waals surface area (Å²) in [5.41, 5.74) is 1.81. The van der Waals surface area contributed by atoms with Crippen LogP contribution in [0.15, 0.2) is 34.9 Å². The van der Waals surface area contributed by atoms with Crippen LogP contribution >= 0.6 is 11.3 Å². The molecule has 3 aromatic rings. The maximum atomic E-state index is 12.8. The monoisotopic (exact) mass is 368 g/mol. The number of aryl methyl sites for hydroxylation is 1. The molecule has 1 amide bonds. The van der Waals surface area contributed by atoms with Gasteiger partial charge in [-0.1, -0.05) is 72.5 Å². The van der Waals surface area contributed by atoms with Crippen molar-refractivity contribution < 1.29 is 9.32 Å². The first-order valence-corrected chi connectivity index (χ1v) is 9.68. The van der Waals surface area contributed by atoms with Gasteiger partial charge in [-0.15, -0.1) is 10.2 Å². The van der Waals surface area contributed by atoms with Crippen molar-refractivity contribution in [1.29, 1.82) is 0 Å². The first kappa shape index (κ1) is 16.9. The second-order valence-corrected chi connectivity index (χ2v) is 7.70. The molecule has 0 spiro atoms. The first-order chi connectivity index (χ1) is 12.7. The highest BCUT2D eigenvalue weighted by molar-refractivity contribution is 7.15. The molecule has 6 nitrogen and oxygen atoms in total. The normalized spacial score (nSPS) is 14.7. The number of aromatic nitrogens is 3. The van der Waals surface area contributed by atoms with Crippen LogP contribution in [0.25, 0.3) is 11.3 Å². The molecule has 0 bridgehead atoms. The Morgan fingerprint density at radius 2 is 2.00 bits per heavy atom. The van der Waals surface area contributed by atoms with Crippen molar-refractivity contribution in [2.45, 2.75) is 39.0 Å². The lowest BCUT2D eigenvalue weighted by Crippen LogP contribution is -2.13. The Balaban J connectivity index is 1.50. The van der Waals surface area contributed by atoms with Gasteiger partial charge >= 0.3 is 0 Å². The van der Waals surface area contributed by atoms with Crippen LogP contribution in [0, 0.1) is 12.8 Å². The Hall–Kier alpha value is -2.54. The van der Waals surface area contributed by atoms with E-state index in [0.29, 0.717) is 28.1 Å². The van der Waals surface area contributed by atoms with Crippen LogP contribution in [-0.2, 0) is 6.42 Å². The summed E-state index contributed by atoms with van der Waals surface area (Å²) in [5.74, 6) is 0.916. The highest BCUT2D eigenvalue weighted by Gasteiger charge is 2.23. The van der Waals surface area contributed by atoms with Gasteiger partial charge in [-0.3, -0.25) is 10.1 Å². The maximum absolute atomic E-state index is 12.8. The number of anilines is 1. The predicted molar refractivity (Wildman–Crippen MR) is 100 cm³/mol. The van der Waals surface area contributed by atoms with Crippen molar-refractivity contribution >= 4 is 22.4 Å². The van der Waals surface area contributed by atoms with E-state index < -0.39 is 0 Å². The van der Waals surface area contributed by atoms with Crippen LogP contribution in [0.3, 0.4) is 0 Å². The molecule has 1 aliphatic rings. The number of nitrogens with zero attached hydrogens (tertiary/aromatic N) is 3. The van der Waals surface area contributed by atoms with E-state index in [1.807, 2.05) is 30.3 Å². The van der Waals surface area contributed by atoms with E-state index in [-0.39, 0.29) is 5.91 Å². The molecule has 134 valence electrons. The topological polar surface area (TPSA) is 80.9 Å². The van der Waals surface area contributed by atoms with E-state index in [2.05, 4.69) is 20.7 Å². The van der Waals surface area contributed by atoms with Gasteiger partial charge in [0.05, 0.1) is 0 Å². The van der Waals surface area contributed by atoms with Crippen molar-refractivity contribution in [1.82, 2.24) is 15.4 Å². The lowest BCUT2D eigenvalue weighted by atomic mass is 10.1. The van der Waals surface area contributed by atoms with Crippen molar-refractivity contribution in [2.24, 2.45) is 5.92 Å². The summed E-state index contributed by atoms with van der Waals surface area (Å²) < 4.78 is 5.26. The standard InChI is InChI=1S/C19H20N4O2S/c1-12-16(17(23-25-12)14-9-3-2-4-10-14)18(24)20-19-22-21-15(26-19)11-13-7-5-6-8-13/h2-4,9-10,13H,5-8,11H2,1H3,(H,20,22,24). The third-order valence-electron chi connectivity index (χ3n) is 4.76. The fourth-order valence-corrected chi connectivity index (χ4v) is 4.29. The number of carbonyl (C=O) groups is 1. The van der Waals surface area contributed by atoms with E-state index in [0.717, 1.165) is 17.0 Å². The zero-order valence-electron chi connectivity index (χ0n) is 14.6. The van der Waals surface area contributed by atoms with Gasteiger partial charge in [-0.2, -0.15) is 0 Å². The molecule has 26 heavy (non-hydrogen) atoms. The van der Waals surface area contributed by atoms with Gasteiger partial charge in [-0.25, -0.2) is 0 Å². The molecule has 1 aliphatic carbocycles. The van der Waals surface area contributed by atoms with Crippen molar-refractivity contribution in [2.75, 3.05) is 5.32 Å². The van der Waals surface area contributed by atoms with Crippen LogP contribution in [-0.4, -0.2) is 21.3 Å². The summed E-state index contributed by atoms with van der Waals surface area (Å²) >= 11 is 1.45. The molecule has 1 fully saturated rings. The molecule has 0 saturated heterocycles. The van der Waals surface area contributed by atoms with Crippen molar-refractivity contribution in [3.63, 3.8) is 0 Å². The van der Waals surface area contributed by atoms with Crippen molar-refractivity contribution in [3.8, 4) is 11.3 Å². The van der Waals surface area contributed by atoms with Crippen molar-refractivity contribution in [3.05, 3.63) is 46.7 Å². The molecule has 4 rings (SSSR count). The molecule has 0 atom stereocenters. The number of amides is 1. The Labute approximate surface area is 155 Å². The van der Waals surface area contributed by atoms with E-state index in [4.69, 9.17) is 4.52 Å². The largest absolute Gasteiger partial charge is 0.360 e. The summed E-state index contributed by atoms with van der Waals surface area (Å²) in [4.78, 5) is 12.8. The molecule has 1 aromatic carbocycles. The van der Waals surface area contributed by atoms with E-state index >= 15 is 0 Å². The summed E-state index contributed by atoms with van der Waals surface area (Å²) in [7, 11) is 0. The Morgan fingerprint density at radius 3 is 2.77 bits per heavy atom. The lowest BCUT2D eigenvalue weighted by molar-refractivity contribution is 0.102. The minimum absolute atomic E-state index is 0.272. The summed E-state index contributed by atoms with van der Waals surface area (Å²) in [5, 5.41) is 16.8. The molecule has 2 aromatic heterocycles. The average Bonchev–Trinajstić information content (AvgIpc) is 3.38. The minimum atomic E-state index is -0.272. The Bertz CT molecular complexity index is 897. The van der Waals surface area contributed by atoms with Crippen LogP contribution in [0.5, 0.6) is 0 Å². The molecule has 1 saturated carbocycles. The van der Waals surface area contributed by atoms with Gasteiger partial charge < -0.3 is 4.52 Å². The van der Waals surface area contributed by atoms with Gasteiger partial charge in [0, 0.05) is 12.0 Å². The van der Waals surface area contributed by atoms with Crippen LogP contribution < -0.4 is 5.32 Å². The highest BCUT2D eigenvalue weighted by Crippen LogP contribution is 2.30. The summed E-state index contributed by atoms with van der Waals surface area (Å²) in [6.07, 6.45) is 6.10. The molecular formula is C19H20N4O2S.